The van der Waals surface area contributed by atoms with E-state index in [9.17, 15) is 43.1 Å². The van der Waals surface area contributed by atoms with Gasteiger partial charge < -0.3 is 48.8 Å². The van der Waals surface area contributed by atoms with Gasteiger partial charge in [0.05, 0.1) is 12.8 Å². The highest BCUT2D eigenvalue weighted by molar-refractivity contribution is 7.79. The van der Waals surface area contributed by atoms with Crippen LogP contribution in [-0.4, -0.2) is 80.9 Å². The number of aliphatic hydroxyl groups excluding tert-OH is 2. The summed E-state index contributed by atoms with van der Waals surface area (Å²) in [5.74, 6) is -3.03. The first kappa shape index (κ1) is 28.7. The monoisotopic (exact) mass is 557 g/mol. The summed E-state index contributed by atoms with van der Waals surface area (Å²) in [6.07, 6.45) is -6.14. The second kappa shape index (κ2) is 10.2. The van der Waals surface area contributed by atoms with Gasteiger partial charge in [0.15, 0.2) is 6.23 Å². The van der Waals surface area contributed by atoms with E-state index >= 15 is 0 Å². The Balaban J connectivity index is 2.08. The molecule has 1 aliphatic heterocycles. The predicted octanol–water partition coefficient (Wildman–Crippen LogP) is -1.29. The molecule has 2 heterocycles. The van der Waals surface area contributed by atoms with Crippen molar-refractivity contribution in [1.82, 2.24) is 4.57 Å². The van der Waals surface area contributed by atoms with Gasteiger partial charge in [0.1, 0.15) is 30.1 Å². The molecular weight excluding hydrogens is 534 g/mol. The van der Waals surface area contributed by atoms with Crippen LogP contribution in [0, 0.1) is 0 Å². The maximum atomic E-state index is 12.3. The van der Waals surface area contributed by atoms with Crippen LogP contribution in [-0.2, 0) is 33.7 Å². The number of ether oxygens (including phenoxy) is 1. The molecule has 1 aromatic heterocycles. The standard InChI is InChI=1S/C13H23NO15P4/c15-10-3-8(5-31(20,21)22)1-2-14(10)13-12(17)11(16)9(29-13)4-28-33(26,27)7-30(18,19)6-32(23,24)25/h1-3,9,11-13,16-17H,4-7H2,(H,18,19)(H,26,27)(H2,20,21,22)(H2,23,24,25)/t9-,11-,12-,13-/m1/s1. The van der Waals surface area contributed by atoms with Crippen LogP contribution in [0.5, 0.6) is 0 Å². The third-order valence-corrected chi connectivity index (χ3v) is 12.0. The topological polar surface area (TPSA) is 271 Å². The van der Waals surface area contributed by atoms with Crippen LogP contribution in [0.3, 0.4) is 0 Å². The van der Waals surface area contributed by atoms with E-state index < -0.39 is 84.8 Å². The Bertz CT molecular complexity index is 1110. The minimum absolute atomic E-state index is 0.00228. The van der Waals surface area contributed by atoms with Gasteiger partial charge in [0, 0.05) is 12.3 Å². The maximum absolute atomic E-state index is 12.3. The summed E-state index contributed by atoms with van der Waals surface area (Å²) in [6.45, 7) is -0.899. The van der Waals surface area contributed by atoms with Gasteiger partial charge in [-0.3, -0.25) is 27.6 Å². The van der Waals surface area contributed by atoms with E-state index in [2.05, 4.69) is 4.52 Å². The van der Waals surface area contributed by atoms with Crippen molar-refractivity contribution in [3.63, 3.8) is 0 Å². The molecule has 0 amide bonds. The van der Waals surface area contributed by atoms with Crippen LogP contribution in [0.25, 0.3) is 0 Å². The van der Waals surface area contributed by atoms with Crippen LogP contribution in [0.4, 0.5) is 0 Å². The van der Waals surface area contributed by atoms with Crippen LogP contribution in [0.15, 0.2) is 23.1 Å². The smallest absolute Gasteiger partial charge is 0.337 e. The summed E-state index contributed by atoms with van der Waals surface area (Å²) in [6, 6.07) is 2.06. The minimum Gasteiger partial charge on any atom is -0.387 e. The molecule has 1 saturated heterocycles. The van der Waals surface area contributed by atoms with E-state index in [1.807, 2.05) is 0 Å². The highest BCUT2D eigenvalue weighted by Crippen LogP contribution is 2.63. The van der Waals surface area contributed by atoms with Gasteiger partial charge in [-0.25, -0.2) is 0 Å². The molecule has 2 unspecified atom stereocenters. The maximum Gasteiger partial charge on any atom is 0.337 e. The molecule has 16 nitrogen and oxygen atoms in total. The molecule has 190 valence electrons. The Hall–Kier alpha value is -0.530. The zero-order valence-electron chi connectivity index (χ0n) is 16.5. The first-order valence-corrected chi connectivity index (χ1v) is 16.3. The zero-order valence-corrected chi connectivity index (χ0v) is 20.1. The fourth-order valence-electron chi connectivity index (χ4n) is 3.02. The van der Waals surface area contributed by atoms with Gasteiger partial charge in [0.2, 0.25) is 7.37 Å². The molecule has 0 saturated carbocycles. The number of nitrogens with zero attached hydrogens (tertiary/aromatic N) is 1. The summed E-state index contributed by atoms with van der Waals surface area (Å²) in [5, 5.41) is 20.3. The first-order valence-electron chi connectivity index (χ1n) is 8.88. The summed E-state index contributed by atoms with van der Waals surface area (Å²) >= 11 is 0. The molecule has 0 spiro atoms. The zero-order chi connectivity index (χ0) is 25.4. The van der Waals surface area contributed by atoms with E-state index in [0.29, 0.717) is 0 Å². The minimum atomic E-state index is -4.97. The fourth-order valence-corrected chi connectivity index (χ4v) is 10.1. The lowest BCUT2D eigenvalue weighted by Crippen LogP contribution is -2.35. The predicted molar refractivity (Wildman–Crippen MR) is 110 cm³/mol. The van der Waals surface area contributed by atoms with Gasteiger partial charge in [-0.05, 0) is 11.6 Å². The molecule has 0 radical (unpaired) electrons. The molecule has 20 heteroatoms. The van der Waals surface area contributed by atoms with Crippen molar-refractivity contribution >= 4 is 30.2 Å². The molecule has 8 N–H and O–H groups in total. The van der Waals surface area contributed by atoms with E-state index in [1.165, 1.54) is 6.07 Å². The quantitative estimate of drug-likeness (QED) is 0.156. The van der Waals surface area contributed by atoms with Crippen LogP contribution in [0.1, 0.15) is 11.8 Å². The van der Waals surface area contributed by atoms with Crippen molar-refractivity contribution in [2.75, 3.05) is 18.4 Å². The molecule has 1 aliphatic rings. The normalized spacial score (nSPS) is 27.8. The van der Waals surface area contributed by atoms with E-state index in [4.69, 9.17) is 24.3 Å². The molecule has 1 aromatic rings. The van der Waals surface area contributed by atoms with Crippen molar-refractivity contribution in [3.05, 3.63) is 34.2 Å². The van der Waals surface area contributed by atoms with Gasteiger partial charge in [-0.15, -0.1) is 0 Å². The number of hydrogen-bond donors (Lipinski definition) is 8. The number of aromatic nitrogens is 1. The molecule has 0 aliphatic carbocycles. The summed E-state index contributed by atoms with van der Waals surface area (Å²) in [4.78, 5) is 67.0. The van der Waals surface area contributed by atoms with E-state index in [-0.39, 0.29) is 5.56 Å². The molecular formula is C13H23NO15P4. The Labute approximate surface area is 185 Å². The van der Waals surface area contributed by atoms with Crippen molar-refractivity contribution in [1.29, 1.82) is 0 Å². The molecule has 1 fully saturated rings. The SMILES string of the molecule is O=c1cc(CP(=O)(O)O)ccn1[C@@H]1O[C@H](COP(=O)(O)CP(=O)(O)CP(=O)(O)O)[C@@H](O)[C@H]1O. The lowest BCUT2D eigenvalue weighted by Gasteiger charge is -2.20. The lowest BCUT2D eigenvalue weighted by molar-refractivity contribution is -0.0518. The third kappa shape index (κ3) is 8.88. The van der Waals surface area contributed by atoms with E-state index in [1.54, 1.807) is 0 Å². The number of pyridine rings is 1. The van der Waals surface area contributed by atoms with Gasteiger partial charge in [0.25, 0.3) is 5.56 Å². The van der Waals surface area contributed by atoms with E-state index in [0.717, 1.165) is 16.8 Å². The second-order valence-corrected chi connectivity index (χ2v) is 15.8. The largest absolute Gasteiger partial charge is 0.387 e. The average molecular weight is 557 g/mol. The van der Waals surface area contributed by atoms with Crippen LogP contribution >= 0.6 is 30.2 Å². The number of aliphatic hydroxyl groups is 2. The highest BCUT2D eigenvalue weighted by atomic mass is 31.3. The fraction of sp³-hybridized carbons (Fsp3) is 0.615. The molecule has 2 rings (SSSR count). The van der Waals surface area contributed by atoms with Crippen molar-refractivity contribution in [2.45, 2.75) is 30.7 Å². The Morgan fingerprint density at radius 2 is 1.55 bits per heavy atom. The Kier molecular flexibility index (Phi) is 8.89. The average Bonchev–Trinajstić information content (AvgIpc) is 2.84. The van der Waals surface area contributed by atoms with Gasteiger partial charge in [-0.1, -0.05) is 0 Å². The number of hydrogen-bond acceptors (Lipinski definition) is 9. The van der Waals surface area contributed by atoms with Crippen molar-refractivity contribution in [3.8, 4) is 0 Å². The molecule has 0 aromatic carbocycles. The summed E-state index contributed by atoms with van der Waals surface area (Å²) in [7, 11) is -19.1. The first-order chi connectivity index (χ1) is 14.8. The van der Waals surface area contributed by atoms with Crippen LogP contribution in [0.2, 0.25) is 0 Å². The Morgan fingerprint density at radius 1 is 0.939 bits per heavy atom. The van der Waals surface area contributed by atoms with Crippen LogP contribution < -0.4 is 5.56 Å². The second-order valence-electron chi connectivity index (χ2n) is 7.38. The number of rotatable bonds is 10. The van der Waals surface area contributed by atoms with Crippen molar-refractivity contribution in [2.24, 2.45) is 0 Å². The third-order valence-electron chi connectivity index (χ3n) is 4.26. The van der Waals surface area contributed by atoms with Gasteiger partial charge in [-0.2, -0.15) is 0 Å². The molecule has 0 bridgehead atoms. The molecule has 6 atom stereocenters. The Morgan fingerprint density at radius 3 is 2.06 bits per heavy atom. The summed E-state index contributed by atoms with van der Waals surface area (Å²) in [5.41, 5.74) is -0.840. The van der Waals surface area contributed by atoms with Gasteiger partial charge >= 0.3 is 22.8 Å². The molecule has 33 heavy (non-hydrogen) atoms. The summed E-state index contributed by atoms with van der Waals surface area (Å²) < 4.78 is 56.5. The highest BCUT2D eigenvalue weighted by Gasteiger charge is 2.45. The lowest BCUT2D eigenvalue weighted by atomic mass is 10.1. The van der Waals surface area contributed by atoms with Crippen molar-refractivity contribution < 1.29 is 67.1 Å².